The molecular formula is C13H13FN2. The SMILES string of the molecule is Cc1cccc(C(N)c2ccc(F)cn2)c1. The summed E-state index contributed by atoms with van der Waals surface area (Å²) in [7, 11) is 0. The molecule has 1 unspecified atom stereocenters. The van der Waals surface area contributed by atoms with Crippen molar-refractivity contribution in [2.45, 2.75) is 13.0 Å². The third-order valence-electron chi connectivity index (χ3n) is 2.47. The van der Waals surface area contributed by atoms with Gasteiger partial charge in [-0.3, -0.25) is 4.98 Å². The molecule has 3 heteroatoms. The maximum Gasteiger partial charge on any atom is 0.141 e. The second kappa shape index (κ2) is 4.41. The summed E-state index contributed by atoms with van der Waals surface area (Å²) < 4.78 is 12.7. The Morgan fingerprint density at radius 3 is 2.69 bits per heavy atom. The standard InChI is InChI=1S/C13H13FN2/c1-9-3-2-4-10(7-9)13(15)12-6-5-11(14)8-16-12/h2-8,13H,15H2,1H3. The molecule has 1 heterocycles. The van der Waals surface area contributed by atoms with Gasteiger partial charge < -0.3 is 5.73 Å². The van der Waals surface area contributed by atoms with E-state index in [9.17, 15) is 4.39 Å². The van der Waals surface area contributed by atoms with Gasteiger partial charge in [0.15, 0.2) is 0 Å². The van der Waals surface area contributed by atoms with Crippen LogP contribution in [0.5, 0.6) is 0 Å². The molecule has 1 atom stereocenters. The zero-order chi connectivity index (χ0) is 11.5. The Kier molecular flexibility index (Phi) is 2.97. The maximum atomic E-state index is 12.7. The van der Waals surface area contributed by atoms with Crippen molar-refractivity contribution in [1.82, 2.24) is 4.98 Å². The van der Waals surface area contributed by atoms with Gasteiger partial charge in [-0.25, -0.2) is 4.39 Å². The Morgan fingerprint density at radius 2 is 2.06 bits per heavy atom. The van der Waals surface area contributed by atoms with E-state index in [1.807, 2.05) is 31.2 Å². The number of pyridine rings is 1. The molecule has 2 rings (SSSR count). The minimum atomic E-state index is -0.347. The topological polar surface area (TPSA) is 38.9 Å². The minimum Gasteiger partial charge on any atom is -0.319 e. The first kappa shape index (κ1) is 10.8. The summed E-state index contributed by atoms with van der Waals surface area (Å²) in [5.74, 6) is -0.347. The number of aromatic nitrogens is 1. The monoisotopic (exact) mass is 216 g/mol. The highest BCUT2D eigenvalue weighted by Crippen LogP contribution is 2.18. The van der Waals surface area contributed by atoms with Gasteiger partial charge in [0.25, 0.3) is 0 Å². The van der Waals surface area contributed by atoms with Crippen molar-refractivity contribution in [3.63, 3.8) is 0 Å². The van der Waals surface area contributed by atoms with Gasteiger partial charge in [0, 0.05) is 0 Å². The highest BCUT2D eigenvalue weighted by Gasteiger charge is 2.09. The summed E-state index contributed by atoms with van der Waals surface area (Å²) >= 11 is 0. The first-order valence-electron chi connectivity index (χ1n) is 5.10. The summed E-state index contributed by atoms with van der Waals surface area (Å²) in [6, 6.07) is 10.6. The number of halogens is 1. The van der Waals surface area contributed by atoms with Gasteiger partial charge in [-0.15, -0.1) is 0 Å². The van der Waals surface area contributed by atoms with E-state index in [4.69, 9.17) is 5.73 Å². The van der Waals surface area contributed by atoms with Crippen LogP contribution in [0.2, 0.25) is 0 Å². The van der Waals surface area contributed by atoms with Gasteiger partial charge in [-0.1, -0.05) is 29.8 Å². The van der Waals surface area contributed by atoms with E-state index in [1.165, 1.54) is 12.3 Å². The number of hydrogen-bond acceptors (Lipinski definition) is 2. The first-order chi connectivity index (χ1) is 7.66. The fourth-order valence-corrected chi connectivity index (χ4v) is 1.61. The molecule has 0 aliphatic rings. The lowest BCUT2D eigenvalue weighted by atomic mass is 10.0. The van der Waals surface area contributed by atoms with Crippen molar-refractivity contribution >= 4 is 0 Å². The molecule has 16 heavy (non-hydrogen) atoms. The van der Waals surface area contributed by atoms with Crippen LogP contribution < -0.4 is 5.73 Å². The molecule has 82 valence electrons. The molecule has 2 N–H and O–H groups in total. The van der Waals surface area contributed by atoms with E-state index < -0.39 is 0 Å². The molecule has 0 bridgehead atoms. The Balaban J connectivity index is 2.31. The fourth-order valence-electron chi connectivity index (χ4n) is 1.61. The molecule has 2 nitrogen and oxygen atoms in total. The first-order valence-corrected chi connectivity index (χ1v) is 5.10. The molecule has 0 fully saturated rings. The van der Waals surface area contributed by atoms with Crippen LogP contribution in [0.15, 0.2) is 42.6 Å². The van der Waals surface area contributed by atoms with Gasteiger partial charge in [0.2, 0.25) is 0 Å². The van der Waals surface area contributed by atoms with Crippen molar-refractivity contribution in [3.8, 4) is 0 Å². The van der Waals surface area contributed by atoms with Crippen molar-refractivity contribution < 1.29 is 4.39 Å². The number of rotatable bonds is 2. The lowest BCUT2D eigenvalue weighted by Gasteiger charge is -2.11. The molecule has 0 amide bonds. The van der Waals surface area contributed by atoms with E-state index in [1.54, 1.807) is 6.07 Å². The third kappa shape index (κ3) is 2.25. The zero-order valence-corrected chi connectivity index (χ0v) is 9.02. The summed E-state index contributed by atoms with van der Waals surface area (Å²) in [6.07, 6.45) is 1.19. The summed E-state index contributed by atoms with van der Waals surface area (Å²) in [5.41, 5.74) is 8.86. The molecule has 1 aromatic heterocycles. The smallest absolute Gasteiger partial charge is 0.141 e. The van der Waals surface area contributed by atoms with Gasteiger partial charge in [0.05, 0.1) is 17.9 Å². The average molecular weight is 216 g/mol. The van der Waals surface area contributed by atoms with Crippen LogP contribution in [0, 0.1) is 12.7 Å². The maximum absolute atomic E-state index is 12.7. The van der Waals surface area contributed by atoms with Crippen molar-refractivity contribution in [2.24, 2.45) is 5.73 Å². The predicted octanol–water partition coefficient (Wildman–Crippen LogP) is 2.58. The lowest BCUT2D eigenvalue weighted by molar-refractivity contribution is 0.617. The summed E-state index contributed by atoms with van der Waals surface area (Å²) in [5, 5.41) is 0. The lowest BCUT2D eigenvalue weighted by Crippen LogP contribution is -2.13. The highest BCUT2D eigenvalue weighted by molar-refractivity contribution is 5.30. The van der Waals surface area contributed by atoms with Crippen LogP contribution >= 0.6 is 0 Å². The van der Waals surface area contributed by atoms with E-state index in [2.05, 4.69) is 4.98 Å². The number of aryl methyl sites for hydroxylation is 1. The molecule has 0 saturated carbocycles. The van der Waals surface area contributed by atoms with E-state index in [0.29, 0.717) is 5.69 Å². The molecule has 2 aromatic rings. The Hall–Kier alpha value is -1.74. The Labute approximate surface area is 93.9 Å². The number of nitrogens with two attached hydrogens (primary N) is 1. The Bertz CT molecular complexity index is 480. The van der Waals surface area contributed by atoms with Crippen LogP contribution in [0.25, 0.3) is 0 Å². The van der Waals surface area contributed by atoms with E-state index in [-0.39, 0.29) is 11.9 Å². The summed E-state index contributed by atoms with van der Waals surface area (Å²) in [4.78, 5) is 3.98. The highest BCUT2D eigenvalue weighted by atomic mass is 19.1. The van der Waals surface area contributed by atoms with Gasteiger partial charge in [-0.05, 0) is 24.6 Å². The molecule has 0 aliphatic heterocycles. The second-order valence-electron chi connectivity index (χ2n) is 3.79. The largest absolute Gasteiger partial charge is 0.319 e. The number of nitrogens with zero attached hydrogens (tertiary/aromatic N) is 1. The third-order valence-corrected chi connectivity index (χ3v) is 2.47. The van der Waals surface area contributed by atoms with E-state index in [0.717, 1.165) is 11.1 Å². The average Bonchev–Trinajstić information content (AvgIpc) is 2.29. The van der Waals surface area contributed by atoms with Crippen LogP contribution in [-0.4, -0.2) is 4.98 Å². The van der Waals surface area contributed by atoms with Crippen LogP contribution in [0.1, 0.15) is 22.9 Å². The summed E-state index contributed by atoms with van der Waals surface area (Å²) in [6.45, 7) is 2.01. The van der Waals surface area contributed by atoms with Crippen molar-refractivity contribution in [1.29, 1.82) is 0 Å². The Morgan fingerprint density at radius 1 is 1.25 bits per heavy atom. The van der Waals surface area contributed by atoms with Crippen molar-refractivity contribution in [3.05, 3.63) is 65.2 Å². The van der Waals surface area contributed by atoms with Crippen LogP contribution in [0.3, 0.4) is 0 Å². The van der Waals surface area contributed by atoms with Crippen molar-refractivity contribution in [2.75, 3.05) is 0 Å². The molecule has 0 aliphatic carbocycles. The van der Waals surface area contributed by atoms with E-state index >= 15 is 0 Å². The quantitative estimate of drug-likeness (QED) is 0.838. The van der Waals surface area contributed by atoms with Gasteiger partial charge >= 0.3 is 0 Å². The van der Waals surface area contributed by atoms with Crippen LogP contribution in [-0.2, 0) is 0 Å². The van der Waals surface area contributed by atoms with Gasteiger partial charge in [-0.2, -0.15) is 0 Å². The number of hydrogen-bond donors (Lipinski definition) is 1. The fraction of sp³-hybridized carbons (Fsp3) is 0.154. The second-order valence-corrected chi connectivity index (χ2v) is 3.79. The molecular weight excluding hydrogens is 203 g/mol. The minimum absolute atomic E-state index is 0.305. The van der Waals surface area contributed by atoms with Gasteiger partial charge in [0.1, 0.15) is 5.82 Å². The molecule has 1 aromatic carbocycles. The zero-order valence-electron chi connectivity index (χ0n) is 9.02. The normalized spacial score (nSPS) is 12.4. The molecule has 0 saturated heterocycles. The van der Waals surface area contributed by atoms with Crippen LogP contribution in [0.4, 0.5) is 4.39 Å². The molecule has 0 spiro atoms. The predicted molar refractivity (Wildman–Crippen MR) is 61.4 cm³/mol. The molecule has 0 radical (unpaired) electrons. The number of benzene rings is 1.